The highest BCUT2D eigenvalue weighted by atomic mass is 16.1. The number of fused-ring (bicyclic) bond motifs is 1. The number of aromatic amines is 1. The molecule has 2 N–H and O–H groups in total. The van der Waals surface area contributed by atoms with Crippen LogP contribution in [-0.2, 0) is 0 Å². The van der Waals surface area contributed by atoms with Crippen molar-refractivity contribution >= 4 is 16.8 Å². The van der Waals surface area contributed by atoms with Gasteiger partial charge in [-0.05, 0) is 24.5 Å². The van der Waals surface area contributed by atoms with Gasteiger partial charge in [0.05, 0.1) is 0 Å². The Morgan fingerprint density at radius 2 is 1.90 bits per heavy atom. The lowest BCUT2D eigenvalue weighted by molar-refractivity contribution is 0.0949. The molecule has 0 spiro atoms. The lowest BCUT2D eigenvalue weighted by atomic mass is 10.0. The molecule has 0 aliphatic carbocycles. The highest BCUT2D eigenvalue weighted by Crippen LogP contribution is 2.14. The molecule has 0 aliphatic heterocycles. The molecule has 2 aromatic rings. The molecule has 0 radical (unpaired) electrons. The summed E-state index contributed by atoms with van der Waals surface area (Å²) < 4.78 is 0. The first-order valence-electron chi connectivity index (χ1n) is 8.03. The van der Waals surface area contributed by atoms with Crippen molar-refractivity contribution < 1.29 is 4.79 Å². The van der Waals surface area contributed by atoms with E-state index in [0.29, 0.717) is 5.69 Å². The number of hydrogen-bond acceptors (Lipinski definition) is 1. The van der Waals surface area contributed by atoms with Crippen molar-refractivity contribution in [1.29, 1.82) is 0 Å². The topological polar surface area (TPSA) is 44.9 Å². The molecule has 0 saturated carbocycles. The quantitative estimate of drug-likeness (QED) is 0.689. The summed E-state index contributed by atoms with van der Waals surface area (Å²) in [7, 11) is 0. The number of aromatic nitrogens is 1. The van der Waals surface area contributed by atoms with Crippen molar-refractivity contribution in [3.8, 4) is 0 Å². The number of rotatable bonds is 8. The fourth-order valence-electron chi connectivity index (χ4n) is 2.52. The van der Waals surface area contributed by atoms with Gasteiger partial charge in [-0.15, -0.1) is 0 Å². The Kier molecular flexibility index (Phi) is 5.85. The third kappa shape index (κ3) is 4.92. The monoisotopic (exact) mass is 286 g/mol. The largest absolute Gasteiger partial charge is 0.351 e. The van der Waals surface area contributed by atoms with Crippen LogP contribution in [0.5, 0.6) is 0 Å². The first-order valence-corrected chi connectivity index (χ1v) is 8.03. The van der Waals surface area contributed by atoms with E-state index in [4.69, 9.17) is 0 Å². The molecule has 1 aromatic carbocycles. The lowest BCUT2D eigenvalue weighted by Gasteiger charge is -2.05. The van der Waals surface area contributed by atoms with Crippen LogP contribution in [0.3, 0.4) is 0 Å². The zero-order chi connectivity index (χ0) is 15.1. The average molecular weight is 286 g/mol. The second kappa shape index (κ2) is 7.87. The molecule has 1 aromatic heterocycles. The van der Waals surface area contributed by atoms with Gasteiger partial charge >= 0.3 is 0 Å². The Balaban J connectivity index is 1.67. The Morgan fingerprint density at radius 1 is 1.14 bits per heavy atom. The van der Waals surface area contributed by atoms with Gasteiger partial charge < -0.3 is 10.3 Å². The number of unbranched alkanes of at least 4 members (excludes halogenated alkanes) is 3. The van der Waals surface area contributed by atoms with Gasteiger partial charge in [-0.25, -0.2) is 0 Å². The van der Waals surface area contributed by atoms with Crippen molar-refractivity contribution in [2.75, 3.05) is 6.54 Å². The number of nitrogens with one attached hydrogen (secondary N) is 2. The number of para-hydroxylation sites is 1. The van der Waals surface area contributed by atoms with Gasteiger partial charge in [0, 0.05) is 17.4 Å². The van der Waals surface area contributed by atoms with Gasteiger partial charge in [0.25, 0.3) is 5.91 Å². The fraction of sp³-hybridized carbons (Fsp3) is 0.500. The van der Waals surface area contributed by atoms with Crippen molar-refractivity contribution in [1.82, 2.24) is 10.3 Å². The van der Waals surface area contributed by atoms with E-state index in [-0.39, 0.29) is 5.91 Å². The third-order valence-electron chi connectivity index (χ3n) is 3.77. The van der Waals surface area contributed by atoms with Crippen molar-refractivity contribution in [2.24, 2.45) is 5.92 Å². The molecular weight excluding hydrogens is 260 g/mol. The zero-order valence-electron chi connectivity index (χ0n) is 13.1. The van der Waals surface area contributed by atoms with E-state index in [2.05, 4.69) is 24.1 Å². The van der Waals surface area contributed by atoms with Gasteiger partial charge in [0.15, 0.2) is 0 Å². The molecular formula is C18H26N2O. The molecule has 0 bridgehead atoms. The van der Waals surface area contributed by atoms with E-state index < -0.39 is 0 Å². The predicted octanol–water partition coefficient (Wildman–Crippen LogP) is 4.50. The van der Waals surface area contributed by atoms with Crippen LogP contribution in [0.1, 0.15) is 56.4 Å². The minimum Gasteiger partial charge on any atom is -0.351 e. The average Bonchev–Trinajstić information content (AvgIpc) is 2.89. The Morgan fingerprint density at radius 3 is 2.67 bits per heavy atom. The standard InChI is InChI=1S/C18H26N2O/c1-14(2)9-5-3-4-8-12-19-18(21)17-13-15-10-6-7-11-16(15)20-17/h6-7,10-11,13-14,20H,3-5,8-9,12H2,1-2H3,(H,19,21). The lowest BCUT2D eigenvalue weighted by Crippen LogP contribution is -2.24. The van der Waals surface area contributed by atoms with Gasteiger partial charge in [-0.2, -0.15) is 0 Å². The van der Waals surface area contributed by atoms with E-state index in [1.54, 1.807) is 0 Å². The Hall–Kier alpha value is -1.77. The molecule has 0 atom stereocenters. The van der Waals surface area contributed by atoms with Crippen LogP contribution in [-0.4, -0.2) is 17.4 Å². The summed E-state index contributed by atoms with van der Waals surface area (Å²) in [5, 5.41) is 4.07. The summed E-state index contributed by atoms with van der Waals surface area (Å²) in [5.74, 6) is 0.792. The van der Waals surface area contributed by atoms with Gasteiger partial charge in [0.1, 0.15) is 5.69 Å². The predicted molar refractivity (Wildman–Crippen MR) is 88.6 cm³/mol. The van der Waals surface area contributed by atoms with E-state index in [9.17, 15) is 4.79 Å². The molecule has 1 amide bonds. The molecule has 0 unspecified atom stereocenters. The van der Waals surface area contributed by atoms with Crippen LogP contribution in [0, 0.1) is 5.92 Å². The van der Waals surface area contributed by atoms with Gasteiger partial charge in [0.2, 0.25) is 0 Å². The second-order valence-electron chi connectivity index (χ2n) is 6.12. The first-order chi connectivity index (χ1) is 10.2. The SMILES string of the molecule is CC(C)CCCCCCNC(=O)c1cc2ccccc2[nH]1. The molecule has 0 aliphatic rings. The van der Waals surface area contributed by atoms with E-state index in [0.717, 1.165) is 29.8 Å². The van der Waals surface area contributed by atoms with Crippen LogP contribution in [0.2, 0.25) is 0 Å². The third-order valence-corrected chi connectivity index (χ3v) is 3.77. The van der Waals surface area contributed by atoms with Crippen molar-refractivity contribution in [2.45, 2.75) is 46.0 Å². The van der Waals surface area contributed by atoms with Gasteiger partial charge in [-0.3, -0.25) is 4.79 Å². The number of H-pyrrole nitrogens is 1. The van der Waals surface area contributed by atoms with Crippen molar-refractivity contribution in [3.63, 3.8) is 0 Å². The maximum Gasteiger partial charge on any atom is 0.267 e. The Bertz CT molecular complexity index is 538. The summed E-state index contributed by atoms with van der Waals surface area (Å²) in [6.07, 6.45) is 6.12. The van der Waals surface area contributed by atoms with Crippen LogP contribution in [0.4, 0.5) is 0 Å². The minimum absolute atomic E-state index is 0.00613. The summed E-state index contributed by atoms with van der Waals surface area (Å²) >= 11 is 0. The molecule has 0 fully saturated rings. The van der Waals surface area contributed by atoms with Gasteiger partial charge in [-0.1, -0.05) is 57.7 Å². The normalized spacial score (nSPS) is 11.2. The van der Waals surface area contributed by atoms with E-state index in [1.807, 2.05) is 30.3 Å². The van der Waals surface area contributed by atoms with Crippen LogP contribution in [0.15, 0.2) is 30.3 Å². The van der Waals surface area contributed by atoms with Crippen LogP contribution < -0.4 is 5.32 Å². The summed E-state index contributed by atoms with van der Waals surface area (Å²) in [4.78, 5) is 15.2. The molecule has 1 heterocycles. The molecule has 21 heavy (non-hydrogen) atoms. The number of hydrogen-bond donors (Lipinski definition) is 2. The summed E-state index contributed by atoms with van der Waals surface area (Å²) in [6, 6.07) is 9.86. The fourth-order valence-corrected chi connectivity index (χ4v) is 2.52. The maximum absolute atomic E-state index is 12.1. The maximum atomic E-state index is 12.1. The molecule has 3 heteroatoms. The van der Waals surface area contributed by atoms with E-state index in [1.165, 1.54) is 25.7 Å². The van der Waals surface area contributed by atoms with Crippen LogP contribution in [0.25, 0.3) is 10.9 Å². The molecule has 114 valence electrons. The molecule has 2 rings (SSSR count). The minimum atomic E-state index is -0.00613. The smallest absolute Gasteiger partial charge is 0.267 e. The molecule has 3 nitrogen and oxygen atoms in total. The zero-order valence-corrected chi connectivity index (χ0v) is 13.1. The first kappa shape index (κ1) is 15.6. The number of carbonyl (C=O) groups is 1. The van der Waals surface area contributed by atoms with Crippen molar-refractivity contribution in [3.05, 3.63) is 36.0 Å². The molecule has 0 saturated heterocycles. The highest BCUT2D eigenvalue weighted by Gasteiger charge is 2.08. The Labute approximate surface area is 127 Å². The second-order valence-corrected chi connectivity index (χ2v) is 6.12. The number of amides is 1. The number of carbonyl (C=O) groups excluding carboxylic acids is 1. The summed E-state index contributed by atoms with van der Waals surface area (Å²) in [5.41, 5.74) is 1.66. The highest BCUT2D eigenvalue weighted by molar-refractivity contribution is 5.97. The number of benzene rings is 1. The van der Waals surface area contributed by atoms with E-state index >= 15 is 0 Å². The van der Waals surface area contributed by atoms with Crippen LogP contribution >= 0.6 is 0 Å². The summed E-state index contributed by atoms with van der Waals surface area (Å²) in [6.45, 7) is 5.29.